The van der Waals surface area contributed by atoms with Gasteiger partial charge in [0.25, 0.3) is 0 Å². The molecule has 0 aromatic carbocycles. The third-order valence-electron chi connectivity index (χ3n) is 3.51. The van der Waals surface area contributed by atoms with Gasteiger partial charge < -0.3 is 20.1 Å². The Bertz CT molecular complexity index is 254. The van der Waals surface area contributed by atoms with Crippen LogP contribution in [0.25, 0.3) is 0 Å². The largest absolute Gasteiger partial charge is 0.382 e. The lowest BCUT2D eigenvalue weighted by Gasteiger charge is -2.18. The number of unbranched alkanes of at least 4 members (excludes halogenated alkanes) is 1. The Balaban J connectivity index is 0. The molecule has 0 rings (SSSR count). The van der Waals surface area contributed by atoms with Gasteiger partial charge in [0.2, 0.25) is 0 Å². The van der Waals surface area contributed by atoms with Crippen LogP contribution in [0.4, 0.5) is 0 Å². The van der Waals surface area contributed by atoms with Crippen molar-refractivity contribution >= 4 is 29.9 Å². The van der Waals surface area contributed by atoms with Crippen molar-refractivity contribution in [2.24, 2.45) is 10.9 Å². The monoisotopic (exact) mass is 429 g/mol. The Morgan fingerprint density at radius 3 is 2.45 bits per heavy atom. The summed E-state index contributed by atoms with van der Waals surface area (Å²) in [5, 5.41) is 6.74. The molecule has 22 heavy (non-hydrogen) atoms. The van der Waals surface area contributed by atoms with Crippen molar-refractivity contribution < 1.29 is 9.47 Å². The first-order chi connectivity index (χ1) is 10.3. The lowest BCUT2D eigenvalue weighted by atomic mass is 9.99. The highest BCUT2D eigenvalue weighted by Gasteiger charge is 2.06. The molecular weight excluding hydrogens is 393 g/mol. The van der Waals surface area contributed by atoms with E-state index in [1.807, 2.05) is 7.05 Å². The van der Waals surface area contributed by atoms with Crippen LogP contribution < -0.4 is 10.6 Å². The van der Waals surface area contributed by atoms with E-state index in [0.29, 0.717) is 13.2 Å². The normalized spacial score (nSPS) is 12.6. The van der Waals surface area contributed by atoms with Crippen molar-refractivity contribution in [2.75, 3.05) is 47.1 Å². The summed E-state index contributed by atoms with van der Waals surface area (Å²) >= 11 is 0. The summed E-state index contributed by atoms with van der Waals surface area (Å²) in [7, 11) is 3.50. The Labute approximate surface area is 154 Å². The van der Waals surface area contributed by atoms with E-state index in [9.17, 15) is 0 Å². The third-order valence-corrected chi connectivity index (χ3v) is 3.51. The number of hydrogen-bond acceptors (Lipinski definition) is 3. The van der Waals surface area contributed by atoms with Crippen molar-refractivity contribution in [1.82, 2.24) is 10.6 Å². The molecule has 0 aliphatic rings. The van der Waals surface area contributed by atoms with E-state index in [0.717, 1.165) is 38.0 Å². The molecular formula is C16H36IN3O2. The van der Waals surface area contributed by atoms with Gasteiger partial charge in [-0.2, -0.15) is 0 Å². The highest BCUT2D eigenvalue weighted by molar-refractivity contribution is 14.0. The zero-order valence-electron chi connectivity index (χ0n) is 14.8. The van der Waals surface area contributed by atoms with Crippen LogP contribution >= 0.6 is 24.0 Å². The highest BCUT2D eigenvalue weighted by atomic mass is 127. The molecule has 0 spiro atoms. The van der Waals surface area contributed by atoms with Gasteiger partial charge >= 0.3 is 0 Å². The zero-order chi connectivity index (χ0) is 15.8. The fourth-order valence-corrected chi connectivity index (χ4v) is 2.03. The van der Waals surface area contributed by atoms with Gasteiger partial charge in [0, 0.05) is 33.9 Å². The fourth-order valence-electron chi connectivity index (χ4n) is 2.03. The molecule has 1 atom stereocenters. The molecule has 0 bridgehead atoms. The van der Waals surface area contributed by atoms with E-state index in [2.05, 4.69) is 29.5 Å². The summed E-state index contributed by atoms with van der Waals surface area (Å²) in [5.41, 5.74) is 0. The lowest BCUT2D eigenvalue weighted by molar-refractivity contribution is 0.0698. The quantitative estimate of drug-likeness (QED) is 0.205. The number of nitrogens with one attached hydrogen (secondary N) is 2. The molecule has 0 aliphatic carbocycles. The Hall–Kier alpha value is -0.0800. The summed E-state index contributed by atoms with van der Waals surface area (Å²) in [4.78, 5) is 4.26. The molecule has 0 aromatic heterocycles. The molecule has 6 heteroatoms. The van der Waals surface area contributed by atoms with E-state index in [4.69, 9.17) is 9.47 Å². The molecule has 0 fully saturated rings. The molecule has 0 saturated carbocycles. The van der Waals surface area contributed by atoms with Crippen molar-refractivity contribution in [1.29, 1.82) is 0 Å². The second-order valence-electron chi connectivity index (χ2n) is 5.26. The maximum Gasteiger partial charge on any atom is 0.190 e. The van der Waals surface area contributed by atoms with Crippen LogP contribution in [0, 0.1) is 5.92 Å². The van der Waals surface area contributed by atoms with Crippen molar-refractivity contribution in [3.05, 3.63) is 0 Å². The van der Waals surface area contributed by atoms with Crippen molar-refractivity contribution in [2.45, 2.75) is 46.0 Å². The van der Waals surface area contributed by atoms with Crippen LogP contribution in [0.3, 0.4) is 0 Å². The van der Waals surface area contributed by atoms with Crippen LogP contribution in [0.2, 0.25) is 0 Å². The average molecular weight is 429 g/mol. The first kappa shape index (κ1) is 24.2. The SMILES string of the molecule is CCCCC(CC)CNC(=NC)NCCCOCCOC.I. The lowest BCUT2D eigenvalue weighted by Crippen LogP contribution is -2.40. The van der Waals surface area contributed by atoms with E-state index in [-0.39, 0.29) is 24.0 Å². The molecule has 0 saturated heterocycles. The Morgan fingerprint density at radius 2 is 1.86 bits per heavy atom. The summed E-state index contributed by atoms with van der Waals surface area (Å²) in [5.74, 6) is 1.63. The minimum atomic E-state index is 0. The van der Waals surface area contributed by atoms with Crippen LogP contribution in [-0.2, 0) is 9.47 Å². The number of halogens is 1. The molecule has 0 amide bonds. The number of aliphatic imine (C=N–C) groups is 1. The molecule has 5 nitrogen and oxygen atoms in total. The second kappa shape index (κ2) is 19.0. The van der Waals surface area contributed by atoms with Gasteiger partial charge in [-0.1, -0.05) is 33.1 Å². The van der Waals surface area contributed by atoms with Gasteiger partial charge in [-0.3, -0.25) is 4.99 Å². The van der Waals surface area contributed by atoms with Gasteiger partial charge in [0.05, 0.1) is 13.2 Å². The molecule has 0 aromatic rings. The van der Waals surface area contributed by atoms with E-state index in [1.54, 1.807) is 7.11 Å². The molecule has 2 N–H and O–H groups in total. The third kappa shape index (κ3) is 14.8. The van der Waals surface area contributed by atoms with E-state index in [1.165, 1.54) is 25.7 Å². The van der Waals surface area contributed by atoms with E-state index >= 15 is 0 Å². The maximum absolute atomic E-state index is 5.42. The molecule has 0 radical (unpaired) electrons. The number of ether oxygens (including phenoxy) is 2. The highest BCUT2D eigenvalue weighted by Crippen LogP contribution is 2.10. The first-order valence-electron chi connectivity index (χ1n) is 8.29. The van der Waals surface area contributed by atoms with Gasteiger partial charge in [-0.05, 0) is 18.8 Å². The number of methoxy groups -OCH3 is 1. The number of hydrogen-bond donors (Lipinski definition) is 2. The van der Waals surface area contributed by atoms with Gasteiger partial charge in [0.1, 0.15) is 0 Å². The summed E-state index contributed by atoms with van der Waals surface area (Å²) in [6.45, 7) is 8.46. The van der Waals surface area contributed by atoms with Gasteiger partial charge in [-0.15, -0.1) is 24.0 Å². The smallest absolute Gasteiger partial charge is 0.190 e. The molecule has 134 valence electrons. The first-order valence-corrected chi connectivity index (χ1v) is 8.29. The van der Waals surface area contributed by atoms with Crippen molar-refractivity contribution in [3.8, 4) is 0 Å². The topological polar surface area (TPSA) is 54.9 Å². The van der Waals surface area contributed by atoms with E-state index < -0.39 is 0 Å². The van der Waals surface area contributed by atoms with Crippen molar-refractivity contribution in [3.63, 3.8) is 0 Å². The predicted octanol–water partition coefficient (Wildman–Crippen LogP) is 3.04. The maximum atomic E-state index is 5.42. The zero-order valence-corrected chi connectivity index (χ0v) is 17.2. The molecule has 0 heterocycles. The Morgan fingerprint density at radius 1 is 1.09 bits per heavy atom. The number of nitrogens with zero attached hydrogens (tertiary/aromatic N) is 1. The van der Waals surface area contributed by atoms with Crippen LogP contribution in [0.1, 0.15) is 46.0 Å². The standard InChI is InChI=1S/C16H35N3O2.HI/c1-5-7-9-15(6-2)14-19-16(17-3)18-10-8-11-21-13-12-20-4;/h15H,5-14H2,1-4H3,(H2,17,18,19);1H. The fraction of sp³-hybridized carbons (Fsp3) is 0.938. The Kier molecular flexibility index (Phi) is 20.8. The second-order valence-corrected chi connectivity index (χ2v) is 5.26. The minimum absolute atomic E-state index is 0. The molecule has 0 aliphatic heterocycles. The average Bonchev–Trinajstić information content (AvgIpc) is 2.52. The summed E-state index contributed by atoms with van der Waals surface area (Å²) in [6, 6.07) is 0. The van der Waals surface area contributed by atoms with Crippen LogP contribution in [0.15, 0.2) is 4.99 Å². The summed E-state index contributed by atoms with van der Waals surface area (Å²) in [6.07, 6.45) is 6.07. The van der Waals surface area contributed by atoms with Crippen LogP contribution in [-0.4, -0.2) is 53.0 Å². The summed E-state index contributed by atoms with van der Waals surface area (Å²) < 4.78 is 10.4. The van der Waals surface area contributed by atoms with Crippen LogP contribution in [0.5, 0.6) is 0 Å². The predicted molar refractivity (Wildman–Crippen MR) is 105 cm³/mol. The van der Waals surface area contributed by atoms with Gasteiger partial charge in [-0.25, -0.2) is 0 Å². The number of rotatable bonds is 13. The molecule has 1 unspecified atom stereocenters. The minimum Gasteiger partial charge on any atom is -0.382 e. The number of guanidine groups is 1. The van der Waals surface area contributed by atoms with Gasteiger partial charge in [0.15, 0.2) is 5.96 Å².